The van der Waals surface area contributed by atoms with Gasteiger partial charge in [-0.05, 0) is 12.1 Å². The highest BCUT2D eigenvalue weighted by atomic mass is 35.5. The lowest BCUT2D eigenvalue weighted by Gasteiger charge is -2.04. The molecule has 0 amide bonds. The van der Waals surface area contributed by atoms with Gasteiger partial charge in [-0.3, -0.25) is 0 Å². The van der Waals surface area contributed by atoms with Crippen molar-refractivity contribution in [1.82, 2.24) is 9.13 Å². The number of fused-ring (bicyclic) bond motifs is 3. The Labute approximate surface area is 108 Å². The minimum absolute atomic E-state index is 0.275. The van der Waals surface area contributed by atoms with Gasteiger partial charge >= 0.3 is 5.97 Å². The predicted molar refractivity (Wildman–Crippen MR) is 71.4 cm³/mol. The van der Waals surface area contributed by atoms with Crippen molar-refractivity contribution in [3.8, 4) is 0 Å². The zero-order valence-electron chi connectivity index (χ0n) is 9.94. The molecule has 0 aliphatic rings. The van der Waals surface area contributed by atoms with Gasteiger partial charge in [0.15, 0.2) is 0 Å². The van der Waals surface area contributed by atoms with Crippen molar-refractivity contribution in [2.45, 2.75) is 0 Å². The normalized spacial score (nSPS) is 11.5. The highest BCUT2D eigenvalue weighted by molar-refractivity contribution is 6.36. The maximum Gasteiger partial charge on any atom is 0.352 e. The number of aromatic carboxylic acids is 1. The second-order valence-corrected chi connectivity index (χ2v) is 4.73. The van der Waals surface area contributed by atoms with E-state index in [1.807, 2.05) is 29.8 Å². The first-order chi connectivity index (χ1) is 8.52. The molecule has 1 aromatic carbocycles. The van der Waals surface area contributed by atoms with Crippen molar-refractivity contribution < 1.29 is 9.90 Å². The van der Waals surface area contributed by atoms with Gasteiger partial charge in [-0.15, -0.1) is 0 Å². The monoisotopic (exact) mass is 262 g/mol. The molecule has 0 saturated carbocycles. The van der Waals surface area contributed by atoms with Gasteiger partial charge in [-0.1, -0.05) is 23.7 Å². The molecule has 0 aliphatic carbocycles. The third-order valence-corrected chi connectivity index (χ3v) is 3.66. The van der Waals surface area contributed by atoms with E-state index in [4.69, 9.17) is 16.7 Å². The fourth-order valence-corrected chi connectivity index (χ4v) is 2.88. The van der Waals surface area contributed by atoms with Gasteiger partial charge in [0.1, 0.15) is 11.3 Å². The topological polar surface area (TPSA) is 47.2 Å². The number of hydrogen-bond acceptors (Lipinski definition) is 1. The van der Waals surface area contributed by atoms with Gasteiger partial charge in [-0.2, -0.15) is 0 Å². The first-order valence-electron chi connectivity index (χ1n) is 5.48. The molecule has 0 atom stereocenters. The lowest BCUT2D eigenvalue weighted by molar-refractivity contribution is 0.0687. The molecule has 2 heterocycles. The molecule has 5 heteroatoms. The Morgan fingerprint density at radius 3 is 2.61 bits per heavy atom. The molecular weight excluding hydrogens is 252 g/mol. The van der Waals surface area contributed by atoms with Crippen molar-refractivity contribution in [2.24, 2.45) is 14.1 Å². The van der Waals surface area contributed by atoms with Crippen LogP contribution in [0.5, 0.6) is 0 Å². The SMILES string of the molecule is Cn1c(C(=O)O)cc2c3cccc(Cl)c3n(C)c21. The fraction of sp³-hybridized carbons (Fsp3) is 0.154. The van der Waals surface area contributed by atoms with Gasteiger partial charge in [0.25, 0.3) is 0 Å². The Balaban J connectivity index is 2.57. The smallest absolute Gasteiger partial charge is 0.352 e. The molecule has 0 saturated heterocycles. The molecule has 18 heavy (non-hydrogen) atoms. The van der Waals surface area contributed by atoms with Crippen LogP contribution in [0.1, 0.15) is 10.5 Å². The third-order valence-electron chi connectivity index (χ3n) is 3.35. The zero-order valence-corrected chi connectivity index (χ0v) is 10.7. The highest BCUT2D eigenvalue weighted by Crippen LogP contribution is 2.34. The molecule has 0 unspecified atom stereocenters. The van der Waals surface area contributed by atoms with E-state index >= 15 is 0 Å². The average Bonchev–Trinajstić information content (AvgIpc) is 2.78. The Kier molecular flexibility index (Phi) is 2.19. The van der Waals surface area contributed by atoms with Gasteiger partial charge in [-0.25, -0.2) is 4.79 Å². The van der Waals surface area contributed by atoms with Gasteiger partial charge in [0, 0.05) is 24.9 Å². The number of para-hydroxylation sites is 1. The van der Waals surface area contributed by atoms with E-state index in [1.165, 1.54) is 0 Å². The molecule has 92 valence electrons. The number of aryl methyl sites for hydroxylation is 2. The molecule has 4 nitrogen and oxygen atoms in total. The third kappa shape index (κ3) is 1.24. The number of aromatic nitrogens is 2. The maximum absolute atomic E-state index is 11.1. The molecule has 3 rings (SSSR count). The lowest BCUT2D eigenvalue weighted by Crippen LogP contribution is -2.06. The minimum Gasteiger partial charge on any atom is -0.477 e. The number of halogens is 1. The van der Waals surface area contributed by atoms with Crippen molar-refractivity contribution in [3.05, 3.63) is 35.0 Å². The number of carboxylic acids is 1. The van der Waals surface area contributed by atoms with Crippen LogP contribution in [0.25, 0.3) is 21.9 Å². The Hall–Kier alpha value is -1.94. The molecule has 2 aromatic heterocycles. The van der Waals surface area contributed by atoms with E-state index in [2.05, 4.69) is 0 Å². The van der Waals surface area contributed by atoms with Crippen LogP contribution in [-0.4, -0.2) is 20.2 Å². The summed E-state index contributed by atoms with van der Waals surface area (Å²) in [6.07, 6.45) is 0. The van der Waals surface area contributed by atoms with E-state index in [1.54, 1.807) is 17.7 Å². The molecule has 0 radical (unpaired) electrons. The van der Waals surface area contributed by atoms with E-state index in [0.717, 1.165) is 21.9 Å². The minimum atomic E-state index is -0.927. The van der Waals surface area contributed by atoms with E-state index < -0.39 is 5.97 Å². The second-order valence-electron chi connectivity index (χ2n) is 4.33. The Morgan fingerprint density at radius 2 is 1.94 bits per heavy atom. The molecule has 1 N–H and O–H groups in total. The van der Waals surface area contributed by atoms with Gasteiger partial charge < -0.3 is 14.2 Å². The summed E-state index contributed by atoms with van der Waals surface area (Å²) in [6, 6.07) is 7.35. The summed E-state index contributed by atoms with van der Waals surface area (Å²) in [4.78, 5) is 11.1. The van der Waals surface area contributed by atoms with Crippen LogP contribution in [-0.2, 0) is 14.1 Å². The second kappa shape index (κ2) is 3.53. The summed E-state index contributed by atoms with van der Waals surface area (Å²) in [5, 5.41) is 11.7. The van der Waals surface area contributed by atoms with E-state index in [0.29, 0.717) is 5.02 Å². The summed E-state index contributed by atoms with van der Waals surface area (Å²) in [5.74, 6) is -0.927. The first kappa shape index (κ1) is 11.2. The predicted octanol–water partition coefficient (Wildman–Crippen LogP) is 3.02. The summed E-state index contributed by atoms with van der Waals surface area (Å²) in [7, 11) is 3.64. The summed E-state index contributed by atoms with van der Waals surface area (Å²) in [6.45, 7) is 0. The van der Waals surface area contributed by atoms with Crippen LogP contribution < -0.4 is 0 Å². The number of carbonyl (C=O) groups is 1. The largest absolute Gasteiger partial charge is 0.477 e. The highest BCUT2D eigenvalue weighted by Gasteiger charge is 2.19. The standard InChI is InChI=1S/C13H11ClN2O2/c1-15-10(13(17)18)6-8-7-4-3-5-9(14)11(7)16(2)12(8)15/h3-6H,1-2H3,(H,17,18). The molecule has 0 spiro atoms. The van der Waals surface area contributed by atoms with Gasteiger partial charge in [0.05, 0.1) is 10.5 Å². The maximum atomic E-state index is 11.1. The molecule has 0 aliphatic heterocycles. The number of carboxylic acid groups (broad SMARTS) is 1. The quantitative estimate of drug-likeness (QED) is 0.733. The number of hydrogen-bond donors (Lipinski definition) is 1. The number of rotatable bonds is 1. The van der Waals surface area contributed by atoms with Crippen molar-refractivity contribution >= 4 is 39.5 Å². The molecule has 0 fully saturated rings. The van der Waals surface area contributed by atoms with Crippen LogP contribution in [0.4, 0.5) is 0 Å². The number of nitrogens with zero attached hydrogens (tertiary/aromatic N) is 2. The van der Waals surface area contributed by atoms with Crippen LogP contribution in [0, 0.1) is 0 Å². The molecular formula is C13H11ClN2O2. The lowest BCUT2D eigenvalue weighted by atomic mass is 10.2. The van der Waals surface area contributed by atoms with Crippen LogP contribution in [0.2, 0.25) is 5.02 Å². The van der Waals surface area contributed by atoms with E-state index in [9.17, 15) is 4.79 Å². The zero-order chi connectivity index (χ0) is 13.0. The summed E-state index contributed by atoms with van der Waals surface area (Å²) < 4.78 is 3.60. The van der Waals surface area contributed by atoms with Gasteiger partial charge in [0.2, 0.25) is 0 Å². The first-order valence-corrected chi connectivity index (χ1v) is 5.85. The summed E-state index contributed by atoms with van der Waals surface area (Å²) >= 11 is 6.20. The Bertz CT molecular complexity index is 798. The van der Waals surface area contributed by atoms with Crippen LogP contribution in [0.3, 0.4) is 0 Å². The molecule has 3 aromatic rings. The van der Waals surface area contributed by atoms with Crippen molar-refractivity contribution in [1.29, 1.82) is 0 Å². The fourth-order valence-electron chi connectivity index (χ4n) is 2.58. The molecule has 0 bridgehead atoms. The Morgan fingerprint density at radius 1 is 1.22 bits per heavy atom. The van der Waals surface area contributed by atoms with Crippen molar-refractivity contribution in [2.75, 3.05) is 0 Å². The summed E-state index contributed by atoms with van der Waals surface area (Å²) in [5.41, 5.74) is 2.06. The van der Waals surface area contributed by atoms with Crippen LogP contribution >= 0.6 is 11.6 Å². The number of benzene rings is 1. The van der Waals surface area contributed by atoms with Crippen molar-refractivity contribution in [3.63, 3.8) is 0 Å². The average molecular weight is 263 g/mol. The van der Waals surface area contributed by atoms with Crippen LogP contribution in [0.15, 0.2) is 24.3 Å². The van der Waals surface area contributed by atoms with E-state index in [-0.39, 0.29) is 5.69 Å².